The third-order valence-corrected chi connectivity index (χ3v) is 3.41. The SMILES string of the molecule is COc1ccc(NC(=O)CCOc2ccccc2Cl)c([N+](=O)[O-])c1. The Balaban J connectivity index is 1.95. The van der Waals surface area contributed by atoms with Crippen molar-refractivity contribution in [1.82, 2.24) is 0 Å². The minimum absolute atomic E-state index is 0.0222. The van der Waals surface area contributed by atoms with Crippen molar-refractivity contribution < 1.29 is 19.2 Å². The van der Waals surface area contributed by atoms with Crippen LogP contribution in [0.1, 0.15) is 6.42 Å². The van der Waals surface area contributed by atoms with Gasteiger partial charge in [-0.3, -0.25) is 14.9 Å². The molecule has 0 spiro atoms. The van der Waals surface area contributed by atoms with Crippen LogP contribution in [0.2, 0.25) is 5.02 Å². The van der Waals surface area contributed by atoms with E-state index in [0.717, 1.165) is 0 Å². The molecule has 0 aromatic heterocycles. The fourth-order valence-corrected chi connectivity index (χ4v) is 2.11. The Morgan fingerprint density at radius 3 is 2.71 bits per heavy atom. The molecular formula is C16H15ClN2O5. The zero-order chi connectivity index (χ0) is 17.5. The van der Waals surface area contributed by atoms with Crippen molar-refractivity contribution in [2.24, 2.45) is 0 Å². The van der Waals surface area contributed by atoms with Crippen LogP contribution in [0.3, 0.4) is 0 Å². The number of nitro groups is 1. The second kappa shape index (κ2) is 8.16. The van der Waals surface area contributed by atoms with Gasteiger partial charge in [0.25, 0.3) is 5.69 Å². The van der Waals surface area contributed by atoms with Gasteiger partial charge in [0.15, 0.2) is 0 Å². The van der Waals surface area contributed by atoms with Gasteiger partial charge in [-0.25, -0.2) is 0 Å². The maximum Gasteiger partial charge on any atom is 0.296 e. The molecule has 7 nitrogen and oxygen atoms in total. The van der Waals surface area contributed by atoms with Gasteiger partial charge in [0.05, 0.1) is 36.1 Å². The highest BCUT2D eigenvalue weighted by Crippen LogP contribution is 2.29. The summed E-state index contributed by atoms with van der Waals surface area (Å²) < 4.78 is 10.4. The summed E-state index contributed by atoms with van der Waals surface area (Å²) in [4.78, 5) is 22.4. The molecule has 0 saturated carbocycles. The molecule has 2 aromatic rings. The zero-order valence-corrected chi connectivity index (χ0v) is 13.6. The number of ether oxygens (including phenoxy) is 2. The number of rotatable bonds is 7. The van der Waals surface area contributed by atoms with Gasteiger partial charge >= 0.3 is 0 Å². The van der Waals surface area contributed by atoms with Crippen molar-refractivity contribution in [1.29, 1.82) is 0 Å². The molecule has 2 rings (SSSR count). The molecular weight excluding hydrogens is 336 g/mol. The van der Waals surface area contributed by atoms with Crippen LogP contribution in [0.15, 0.2) is 42.5 Å². The summed E-state index contributed by atoms with van der Waals surface area (Å²) >= 11 is 5.94. The number of methoxy groups -OCH3 is 1. The molecule has 2 aromatic carbocycles. The average molecular weight is 351 g/mol. The molecule has 0 atom stereocenters. The summed E-state index contributed by atoms with van der Waals surface area (Å²) in [7, 11) is 1.41. The van der Waals surface area contributed by atoms with Crippen LogP contribution in [-0.4, -0.2) is 24.5 Å². The average Bonchev–Trinajstić information content (AvgIpc) is 2.56. The number of para-hydroxylation sites is 1. The van der Waals surface area contributed by atoms with Crippen LogP contribution in [0.4, 0.5) is 11.4 Å². The maximum atomic E-state index is 11.9. The topological polar surface area (TPSA) is 90.7 Å². The molecule has 8 heteroatoms. The van der Waals surface area contributed by atoms with E-state index in [1.807, 2.05) is 0 Å². The first-order valence-corrected chi connectivity index (χ1v) is 7.38. The van der Waals surface area contributed by atoms with Crippen LogP contribution < -0.4 is 14.8 Å². The summed E-state index contributed by atoms with van der Waals surface area (Å²) in [6.45, 7) is 0.0967. The highest BCUT2D eigenvalue weighted by Gasteiger charge is 2.17. The number of carbonyl (C=O) groups is 1. The zero-order valence-electron chi connectivity index (χ0n) is 12.8. The second-order valence-corrected chi connectivity index (χ2v) is 5.12. The van der Waals surface area contributed by atoms with E-state index in [2.05, 4.69) is 5.32 Å². The van der Waals surface area contributed by atoms with Crippen LogP contribution >= 0.6 is 11.6 Å². The smallest absolute Gasteiger partial charge is 0.296 e. The van der Waals surface area contributed by atoms with Crippen molar-refractivity contribution in [2.45, 2.75) is 6.42 Å². The first kappa shape index (κ1) is 17.6. The van der Waals surface area contributed by atoms with Gasteiger partial charge < -0.3 is 14.8 Å². The molecule has 0 aliphatic heterocycles. The van der Waals surface area contributed by atoms with Gasteiger partial charge in [0, 0.05) is 0 Å². The van der Waals surface area contributed by atoms with Crippen molar-refractivity contribution >= 4 is 28.9 Å². The van der Waals surface area contributed by atoms with E-state index >= 15 is 0 Å². The van der Waals surface area contributed by atoms with Crippen molar-refractivity contribution in [3.8, 4) is 11.5 Å². The summed E-state index contributed by atoms with van der Waals surface area (Å²) in [6.07, 6.45) is 0.0222. The van der Waals surface area contributed by atoms with E-state index in [1.165, 1.54) is 25.3 Å². The Bertz CT molecular complexity index is 751. The third-order valence-electron chi connectivity index (χ3n) is 3.10. The van der Waals surface area contributed by atoms with E-state index in [-0.39, 0.29) is 24.4 Å². The molecule has 0 saturated heterocycles. The quantitative estimate of drug-likeness (QED) is 0.607. The van der Waals surface area contributed by atoms with Gasteiger partial charge in [-0.05, 0) is 24.3 Å². The van der Waals surface area contributed by atoms with E-state index in [0.29, 0.717) is 16.5 Å². The molecule has 0 heterocycles. The Morgan fingerprint density at radius 2 is 2.04 bits per heavy atom. The normalized spacial score (nSPS) is 10.1. The number of hydrogen-bond acceptors (Lipinski definition) is 5. The lowest BCUT2D eigenvalue weighted by Crippen LogP contribution is -2.16. The number of nitrogens with one attached hydrogen (secondary N) is 1. The lowest BCUT2D eigenvalue weighted by molar-refractivity contribution is -0.384. The standard InChI is InChI=1S/C16H15ClN2O5/c1-23-11-6-7-13(14(10-11)19(21)22)18-16(20)8-9-24-15-5-3-2-4-12(15)17/h2-7,10H,8-9H2,1H3,(H,18,20). The molecule has 1 amide bonds. The van der Waals surface area contributed by atoms with Crippen LogP contribution in [0.25, 0.3) is 0 Å². The molecule has 0 aliphatic rings. The van der Waals surface area contributed by atoms with Gasteiger partial charge in [-0.15, -0.1) is 0 Å². The molecule has 0 unspecified atom stereocenters. The van der Waals surface area contributed by atoms with E-state index in [1.54, 1.807) is 24.3 Å². The largest absolute Gasteiger partial charge is 0.496 e. The summed E-state index contributed by atoms with van der Waals surface area (Å²) in [5.74, 6) is 0.402. The predicted octanol–water partition coefficient (Wildman–Crippen LogP) is 3.66. The number of anilines is 1. The van der Waals surface area contributed by atoms with Crippen molar-refractivity contribution in [2.75, 3.05) is 19.0 Å². The van der Waals surface area contributed by atoms with Gasteiger partial charge in [0.1, 0.15) is 17.2 Å². The lowest BCUT2D eigenvalue weighted by Gasteiger charge is -2.09. The number of hydrogen-bond donors (Lipinski definition) is 1. The summed E-state index contributed by atoms with van der Waals surface area (Å²) in [6, 6.07) is 11.1. The number of benzene rings is 2. The molecule has 0 aliphatic carbocycles. The van der Waals surface area contributed by atoms with Crippen LogP contribution in [0, 0.1) is 10.1 Å². The Hall–Kier alpha value is -2.80. The van der Waals surface area contributed by atoms with E-state index < -0.39 is 10.8 Å². The van der Waals surface area contributed by atoms with Gasteiger partial charge in [-0.1, -0.05) is 23.7 Å². The highest BCUT2D eigenvalue weighted by atomic mass is 35.5. The summed E-state index contributed by atoms with van der Waals surface area (Å²) in [5.41, 5.74) is -0.140. The van der Waals surface area contributed by atoms with Crippen molar-refractivity contribution in [3.63, 3.8) is 0 Å². The second-order valence-electron chi connectivity index (χ2n) is 4.72. The fourth-order valence-electron chi connectivity index (χ4n) is 1.92. The molecule has 126 valence electrons. The lowest BCUT2D eigenvalue weighted by atomic mass is 10.2. The first-order valence-electron chi connectivity index (χ1n) is 7.01. The van der Waals surface area contributed by atoms with E-state index in [9.17, 15) is 14.9 Å². The van der Waals surface area contributed by atoms with Crippen LogP contribution in [-0.2, 0) is 4.79 Å². The number of nitro benzene ring substituents is 1. The molecule has 0 fully saturated rings. The van der Waals surface area contributed by atoms with Crippen LogP contribution in [0.5, 0.6) is 11.5 Å². The molecule has 1 N–H and O–H groups in total. The third kappa shape index (κ3) is 4.60. The predicted molar refractivity (Wildman–Crippen MR) is 89.8 cm³/mol. The number of nitrogens with zero attached hydrogens (tertiary/aromatic N) is 1. The highest BCUT2D eigenvalue weighted by molar-refractivity contribution is 6.32. The Morgan fingerprint density at radius 1 is 1.29 bits per heavy atom. The minimum Gasteiger partial charge on any atom is -0.496 e. The van der Waals surface area contributed by atoms with Crippen molar-refractivity contribution in [3.05, 3.63) is 57.6 Å². The monoisotopic (exact) mass is 350 g/mol. The Labute approximate surface area is 143 Å². The molecule has 0 bridgehead atoms. The fraction of sp³-hybridized carbons (Fsp3) is 0.188. The first-order chi connectivity index (χ1) is 11.5. The summed E-state index contributed by atoms with van der Waals surface area (Å²) in [5, 5.41) is 14.0. The maximum absolute atomic E-state index is 11.9. The Kier molecular flexibility index (Phi) is 5.97. The number of amides is 1. The molecule has 0 radical (unpaired) electrons. The molecule has 24 heavy (non-hydrogen) atoms. The van der Waals surface area contributed by atoms with Gasteiger partial charge in [-0.2, -0.15) is 0 Å². The minimum atomic E-state index is -0.585. The number of carbonyl (C=O) groups excluding carboxylic acids is 1. The van der Waals surface area contributed by atoms with E-state index in [4.69, 9.17) is 21.1 Å². The number of halogens is 1. The van der Waals surface area contributed by atoms with Gasteiger partial charge in [0.2, 0.25) is 5.91 Å².